The van der Waals surface area contributed by atoms with Crippen LogP contribution in [0.25, 0.3) is 0 Å². The van der Waals surface area contributed by atoms with Gasteiger partial charge in [0.25, 0.3) is 0 Å². The van der Waals surface area contributed by atoms with Crippen LogP contribution >= 0.6 is 11.6 Å². The van der Waals surface area contributed by atoms with Gasteiger partial charge in [-0.3, -0.25) is 4.90 Å². The SMILES string of the molecule is Cc1ccc(Cl)c(OC[C@@]2(O)CN(Cc3ccc(OCc4nccn4C)cc3)CC[C@@H]2O)c1. The molecule has 1 fully saturated rings. The number of imidazole rings is 1. The van der Waals surface area contributed by atoms with E-state index in [2.05, 4.69) is 9.88 Å². The minimum absolute atomic E-state index is 0.0339. The molecule has 33 heavy (non-hydrogen) atoms. The first-order valence-electron chi connectivity index (χ1n) is 11.0. The quantitative estimate of drug-likeness (QED) is 0.524. The molecule has 2 aromatic carbocycles. The average molecular weight is 472 g/mol. The summed E-state index contributed by atoms with van der Waals surface area (Å²) in [6.07, 6.45) is 3.24. The van der Waals surface area contributed by atoms with Gasteiger partial charge < -0.3 is 24.3 Å². The number of aromatic nitrogens is 2. The molecule has 0 aliphatic carbocycles. The van der Waals surface area contributed by atoms with Gasteiger partial charge in [-0.2, -0.15) is 0 Å². The molecule has 1 aliphatic heterocycles. The molecule has 0 bridgehead atoms. The lowest BCUT2D eigenvalue weighted by atomic mass is 9.90. The van der Waals surface area contributed by atoms with E-state index in [1.54, 1.807) is 12.3 Å². The standard InChI is InChI=1S/C25H30ClN3O4/c1-18-3-8-21(26)22(13-18)33-17-25(31)16-29(11-9-23(25)30)14-19-4-6-20(7-5-19)32-15-24-27-10-12-28(24)2/h3-8,10,12-13,23,30-31H,9,11,14-17H2,1-2H3/t23-,25-/m0/s1. The fourth-order valence-corrected chi connectivity index (χ4v) is 4.15. The number of hydrogen-bond acceptors (Lipinski definition) is 6. The van der Waals surface area contributed by atoms with Crippen molar-refractivity contribution in [2.75, 3.05) is 19.7 Å². The van der Waals surface area contributed by atoms with Gasteiger partial charge in [-0.15, -0.1) is 0 Å². The van der Waals surface area contributed by atoms with E-state index < -0.39 is 11.7 Å². The smallest absolute Gasteiger partial charge is 0.146 e. The normalized spacial score (nSPS) is 21.2. The van der Waals surface area contributed by atoms with Gasteiger partial charge in [-0.25, -0.2) is 4.98 Å². The highest BCUT2D eigenvalue weighted by Gasteiger charge is 2.42. The molecule has 1 aliphatic rings. The minimum atomic E-state index is -1.38. The number of β-amino-alcohol motifs (C(OH)–C–C–N with tert-alkyl or cyclic N) is 1. The molecule has 1 saturated heterocycles. The van der Waals surface area contributed by atoms with Crippen molar-refractivity contribution in [3.8, 4) is 11.5 Å². The van der Waals surface area contributed by atoms with Crippen LogP contribution in [0.15, 0.2) is 54.9 Å². The zero-order chi connectivity index (χ0) is 23.4. The lowest BCUT2D eigenvalue weighted by Crippen LogP contribution is -2.59. The van der Waals surface area contributed by atoms with Gasteiger partial charge in [-0.05, 0) is 48.7 Å². The number of nitrogens with zero attached hydrogens (tertiary/aromatic N) is 3. The Labute approximate surface area is 199 Å². The molecule has 176 valence electrons. The summed E-state index contributed by atoms with van der Waals surface area (Å²) in [5, 5.41) is 22.1. The Morgan fingerprint density at radius 3 is 2.70 bits per heavy atom. The molecule has 3 aromatic rings. The first-order chi connectivity index (χ1) is 15.8. The minimum Gasteiger partial charge on any atom is -0.489 e. The second-order valence-corrected chi connectivity index (χ2v) is 9.14. The zero-order valence-electron chi connectivity index (χ0n) is 18.9. The van der Waals surface area contributed by atoms with Gasteiger partial charge >= 0.3 is 0 Å². The molecule has 0 saturated carbocycles. The molecule has 2 heterocycles. The van der Waals surface area contributed by atoms with Crippen LogP contribution in [0.3, 0.4) is 0 Å². The molecule has 4 rings (SSSR count). The molecule has 8 heteroatoms. The van der Waals surface area contributed by atoms with Crippen LogP contribution in [0, 0.1) is 6.92 Å². The van der Waals surface area contributed by atoms with Crippen LogP contribution in [-0.4, -0.2) is 56.1 Å². The lowest BCUT2D eigenvalue weighted by molar-refractivity contribution is -0.140. The molecular formula is C25H30ClN3O4. The number of aliphatic hydroxyl groups is 2. The summed E-state index contributed by atoms with van der Waals surface area (Å²) < 4.78 is 13.6. The summed E-state index contributed by atoms with van der Waals surface area (Å²) in [4.78, 5) is 6.38. The zero-order valence-corrected chi connectivity index (χ0v) is 19.7. The maximum atomic E-state index is 11.1. The number of aliphatic hydroxyl groups excluding tert-OH is 1. The summed E-state index contributed by atoms with van der Waals surface area (Å²) in [5.74, 6) is 2.14. The van der Waals surface area contributed by atoms with E-state index >= 15 is 0 Å². The first kappa shape index (κ1) is 23.6. The molecule has 1 aromatic heterocycles. The molecule has 2 N–H and O–H groups in total. The van der Waals surface area contributed by atoms with Crippen LogP contribution in [0.1, 0.15) is 23.4 Å². The highest BCUT2D eigenvalue weighted by atomic mass is 35.5. The van der Waals surface area contributed by atoms with E-state index in [-0.39, 0.29) is 6.61 Å². The fraction of sp³-hybridized carbons (Fsp3) is 0.400. The maximum absolute atomic E-state index is 11.1. The fourth-order valence-electron chi connectivity index (χ4n) is 3.98. The Morgan fingerprint density at radius 1 is 1.18 bits per heavy atom. The van der Waals surface area contributed by atoms with Crippen molar-refractivity contribution in [3.05, 3.63) is 76.8 Å². The first-order valence-corrected chi connectivity index (χ1v) is 11.4. The molecule has 0 amide bonds. The summed E-state index contributed by atoms with van der Waals surface area (Å²) in [5.41, 5.74) is 0.733. The van der Waals surface area contributed by atoms with Crippen molar-refractivity contribution in [2.45, 2.75) is 38.2 Å². The van der Waals surface area contributed by atoms with E-state index in [1.165, 1.54) is 0 Å². The van der Waals surface area contributed by atoms with Gasteiger partial charge in [0.15, 0.2) is 0 Å². The Kier molecular flexibility index (Phi) is 7.24. The summed E-state index contributed by atoms with van der Waals surface area (Å²) in [7, 11) is 1.94. The van der Waals surface area contributed by atoms with Crippen molar-refractivity contribution >= 4 is 11.6 Å². The molecule has 0 unspecified atom stereocenters. The van der Waals surface area contributed by atoms with Gasteiger partial charge in [0.05, 0.1) is 11.1 Å². The predicted octanol–water partition coefficient (Wildman–Crippen LogP) is 3.34. The Bertz CT molecular complexity index is 1070. The largest absolute Gasteiger partial charge is 0.489 e. The number of rotatable bonds is 8. The maximum Gasteiger partial charge on any atom is 0.146 e. The van der Waals surface area contributed by atoms with E-state index in [0.717, 1.165) is 22.7 Å². The molecule has 2 atom stereocenters. The Balaban J connectivity index is 1.33. The topological polar surface area (TPSA) is 80.0 Å². The van der Waals surface area contributed by atoms with Crippen LogP contribution in [0.4, 0.5) is 0 Å². The molecule has 0 radical (unpaired) electrons. The van der Waals surface area contributed by atoms with E-state index in [0.29, 0.717) is 43.4 Å². The summed E-state index contributed by atoms with van der Waals surface area (Å²) in [6, 6.07) is 13.4. The molecular weight excluding hydrogens is 442 g/mol. The number of likely N-dealkylation sites (tertiary alicyclic amines) is 1. The lowest BCUT2D eigenvalue weighted by Gasteiger charge is -2.42. The third kappa shape index (κ3) is 5.86. The van der Waals surface area contributed by atoms with Gasteiger partial charge in [0.1, 0.15) is 36.1 Å². The van der Waals surface area contributed by atoms with Crippen molar-refractivity contribution in [1.29, 1.82) is 0 Å². The second kappa shape index (κ2) is 10.1. The predicted molar refractivity (Wildman–Crippen MR) is 127 cm³/mol. The van der Waals surface area contributed by atoms with Crippen molar-refractivity contribution in [2.24, 2.45) is 7.05 Å². The highest BCUT2D eigenvalue weighted by Crippen LogP contribution is 2.29. The number of halogens is 1. The Hall–Kier alpha value is -2.58. The average Bonchev–Trinajstić information content (AvgIpc) is 3.21. The number of benzene rings is 2. The number of piperidine rings is 1. The second-order valence-electron chi connectivity index (χ2n) is 8.73. The van der Waals surface area contributed by atoms with Crippen molar-refractivity contribution in [1.82, 2.24) is 14.5 Å². The summed E-state index contributed by atoms with van der Waals surface area (Å²) in [6.45, 7) is 3.96. The van der Waals surface area contributed by atoms with Crippen molar-refractivity contribution in [3.63, 3.8) is 0 Å². The number of hydrogen-bond donors (Lipinski definition) is 2. The van der Waals surface area contributed by atoms with Gasteiger partial charge in [-0.1, -0.05) is 29.8 Å². The number of aryl methyl sites for hydroxylation is 2. The van der Waals surface area contributed by atoms with Gasteiger partial charge in [0.2, 0.25) is 0 Å². The third-order valence-corrected chi connectivity index (χ3v) is 6.33. The van der Waals surface area contributed by atoms with Crippen LogP contribution in [0.2, 0.25) is 5.02 Å². The monoisotopic (exact) mass is 471 g/mol. The van der Waals surface area contributed by atoms with Crippen LogP contribution < -0.4 is 9.47 Å². The van der Waals surface area contributed by atoms with Crippen LogP contribution in [0.5, 0.6) is 11.5 Å². The van der Waals surface area contributed by atoms with E-state index in [4.69, 9.17) is 21.1 Å². The number of ether oxygens (including phenoxy) is 2. The third-order valence-electron chi connectivity index (χ3n) is 6.02. The highest BCUT2D eigenvalue weighted by molar-refractivity contribution is 6.32. The van der Waals surface area contributed by atoms with E-state index in [9.17, 15) is 10.2 Å². The van der Waals surface area contributed by atoms with Gasteiger partial charge in [0, 0.05) is 39.1 Å². The molecule has 7 nitrogen and oxygen atoms in total. The van der Waals surface area contributed by atoms with Crippen LogP contribution in [-0.2, 0) is 20.2 Å². The van der Waals surface area contributed by atoms with E-state index in [1.807, 2.05) is 61.1 Å². The van der Waals surface area contributed by atoms with Crippen molar-refractivity contribution < 1.29 is 19.7 Å². The molecule has 0 spiro atoms. The Morgan fingerprint density at radius 2 is 1.97 bits per heavy atom. The summed E-state index contributed by atoms with van der Waals surface area (Å²) >= 11 is 6.21.